The van der Waals surface area contributed by atoms with Crippen molar-refractivity contribution in [2.75, 3.05) is 6.54 Å². The van der Waals surface area contributed by atoms with E-state index in [2.05, 4.69) is 38.0 Å². The summed E-state index contributed by atoms with van der Waals surface area (Å²) in [5.41, 5.74) is 1.57. The summed E-state index contributed by atoms with van der Waals surface area (Å²) in [5, 5.41) is 17.4. The Morgan fingerprint density at radius 2 is 2.48 bits per heavy atom. The molecule has 0 saturated heterocycles. The molecule has 1 aromatic heterocycles. The van der Waals surface area contributed by atoms with Crippen molar-refractivity contribution in [3.05, 3.63) is 35.1 Å². The molecule has 21 heavy (non-hydrogen) atoms. The smallest absolute Gasteiger partial charge is 0.249 e. The zero-order chi connectivity index (χ0) is 14.7. The van der Waals surface area contributed by atoms with Crippen LogP contribution in [0.3, 0.4) is 0 Å². The maximum absolute atomic E-state index is 11.9. The Kier molecular flexibility index (Phi) is 3.81. The maximum atomic E-state index is 11.9. The number of nitrogens with one attached hydrogen (secondary N) is 2. The Balaban J connectivity index is 1.77. The fraction of sp³-hybridized carbons (Fsp3) is 0.231. The third-order valence-electron chi connectivity index (χ3n) is 2.99. The van der Waals surface area contributed by atoms with Crippen molar-refractivity contribution in [3.8, 4) is 17.5 Å². The summed E-state index contributed by atoms with van der Waals surface area (Å²) >= 11 is 6.01. The standard InChI is InChI=1S/C13H11ClN6O/c14-10-3-4-12(20-8-17-18-19-20)9(6-10)7-16-13(21)11-2-1-5-15-11/h3-4,6,8,11,15H,5,7H2,(H,16,21). The Bertz CT molecular complexity index is 718. The summed E-state index contributed by atoms with van der Waals surface area (Å²) in [6, 6.07) is 4.86. The lowest BCUT2D eigenvalue weighted by molar-refractivity contribution is -0.121. The Morgan fingerprint density at radius 1 is 1.57 bits per heavy atom. The SMILES string of the molecule is O=C(NCc1cc(Cl)ccc1-n1cnnn1)C1C#CCN1. The molecule has 2 N–H and O–H groups in total. The Hall–Kier alpha value is -2.43. The number of hydrogen-bond donors (Lipinski definition) is 2. The first-order valence-electron chi connectivity index (χ1n) is 6.25. The molecule has 0 radical (unpaired) electrons. The molecule has 8 heteroatoms. The number of nitrogens with zero attached hydrogens (tertiary/aromatic N) is 4. The molecule has 1 aliphatic rings. The van der Waals surface area contributed by atoms with E-state index in [9.17, 15) is 4.79 Å². The van der Waals surface area contributed by atoms with E-state index in [1.807, 2.05) is 0 Å². The van der Waals surface area contributed by atoms with Crippen LogP contribution >= 0.6 is 11.6 Å². The minimum absolute atomic E-state index is 0.164. The summed E-state index contributed by atoms with van der Waals surface area (Å²) in [5.74, 6) is 5.47. The van der Waals surface area contributed by atoms with Gasteiger partial charge in [-0.3, -0.25) is 10.1 Å². The molecule has 106 valence electrons. The van der Waals surface area contributed by atoms with Crippen molar-refractivity contribution in [2.45, 2.75) is 12.6 Å². The molecular weight excluding hydrogens is 292 g/mol. The van der Waals surface area contributed by atoms with Gasteiger partial charge in [0.05, 0.1) is 12.2 Å². The first-order valence-corrected chi connectivity index (χ1v) is 6.63. The molecular formula is C13H11ClN6O. The van der Waals surface area contributed by atoms with Gasteiger partial charge in [-0.25, -0.2) is 4.68 Å². The van der Waals surface area contributed by atoms with Crippen LogP contribution in [0.1, 0.15) is 5.56 Å². The fourth-order valence-electron chi connectivity index (χ4n) is 1.99. The molecule has 3 rings (SSSR count). The van der Waals surface area contributed by atoms with Crippen LogP contribution in [0.5, 0.6) is 0 Å². The van der Waals surface area contributed by atoms with E-state index < -0.39 is 6.04 Å². The third-order valence-corrected chi connectivity index (χ3v) is 3.23. The largest absolute Gasteiger partial charge is 0.350 e. The van der Waals surface area contributed by atoms with Gasteiger partial charge in [-0.2, -0.15) is 0 Å². The maximum Gasteiger partial charge on any atom is 0.249 e. The van der Waals surface area contributed by atoms with Gasteiger partial charge < -0.3 is 5.32 Å². The van der Waals surface area contributed by atoms with Gasteiger partial charge in [0.2, 0.25) is 5.91 Å². The van der Waals surface area contributed by atoms with E-state index in [1.165, 1.54) is 11.0 Å². The van der Waals surface area contributed by atoms with Gasteiger partial charge in [0.1, 0.15) is 12.4 Å². The van der Waals surface area contributed by atoms with Crippen LogP contribution in [0.2, 0.25) is 5.02 Å². The summed E-state index contributed by atoms with van der Waals surface area (Å²) < 4.78 is 1.52. The van der Waals surface area contributed by atoms with Crippen molar-refractivity contribution in [2.24, 2.45) is 0 Å². The predicted molar refractivity (Wildman–Crippen MR) is 75.6 cm³/mol. The van der Waals surface area contributed by atoms with Gasteiger partial charge in [0, 0.05) is 11.6 Å². The molecule has 0 aliphatic carbocycles. The van der Waals surface area contributed by atoms with Crippen LogP contribution in [0, 0.1) is 11.8 Å². The molecule has 1 unspecified atom stereocenters. The minimum atomic E-state index is -0.458. The number of halogens is 1. The molecule has 0 saturated carbocycles. The van der Waals surface area contributed by atoms with Gasteiger partial charge in [-0.15, -0.1) is 5.10 Å². The third kappa shape index (κ3) is 3.02. The van der Waals surface area contributed by atoms with Crippen molar-refractivity contribution in [1.82, 2.24) is 30.8 Å². The molecule has 1 aliphatic heterocycles. The van der Waals surface area contributed by atoms with Crippen molar-refractivity contribution in [3.63, 3.8) is 0 Å². The molecule has 1 aromatic carbocycles. The number of aromatic nitrogens is 4. The Labute approximate surface area is 125 Å². The lowest BCUT2D eigenvalue weighted by Crippen LogP contribution is -2.40. The lowest BCUT2D eigenvalue weighted by Gasteiger charge is -2.12. The first-order chi connectivity index (χ1) is 10.2. The highest BCUT2D eigenvalue weighted by Gasteiger charge is 2.17. The van der Waals surface area contributed by atoms with Crippen molar-refractivity contribution < 1.29 is 4.79 Å². The van der Waals surface area contributed by atoms with Crippen LogP contribution in [-0.2, 0) is 11.3 Å². The van der Waals surface area contributed by atoms with E-state index in [0.29, 0.717) is 18.1 Å². The number of carbonyl (C=O) groups excluding carboxylic acids is 1. The summed E-state index contributed by atoms with van der Waals surface area (Å²) in [7, 11) is 0. The zero-order valence-electron chi connectivity index (χ0n) is 10.9. The zero-order valence-corrected chi connectivity index (χ0v) is 11.6. The number of hydrogen-bond acceptors (Lipinski definition) is 5. The molecule has 7 nitrogen and oxygen atoms in total. The fourth-order valence-corrected chi connectivity index (χ4v) is 2.19. The second-order valence-corrected chi connectivity index (χ2v) is 4.82. The topological polar surface area (TPSA) is 84.7 Å². The molecule has 0 bridgehead atoms. The van der Waals surface area contributed by atoms with E-state index in [4.69, 9.17) is 11.6 Å². The molecule has 2 heterocycles. The van der Waals surface area contributed by atoms with Crippen LogP contribution in [0.15, 0.2) is 24.5 Å². The van der Waals surface area contributed by atoms with Crippen LogP contribution in [0.4, 0.5) is 0 Å². The second-order valence-electron chi connectivity index (χ2n) is 4.38. The highest BCUT2D eigenvalue weighted by Crippen LogP contribution is 2.18. The number of carbonyl (C=O) groups is 1. The monoisotopic (exact) mass is 302 g/mol. The molecule has 2 aromatic rings. The van der Waals surface area contributed by atoms with Crippen LogP contribution in [0.25, 0.3) is 5.69 Å². The number of benzene rings is 1. The van der Waals surface area contributed by atoms with Gasteiger partial charge in [0.25, 0.3) is 0 Å². The second kappa shape index (κ2) is 5.91. The number of tetrazole rings is 1. The predicted octanol–water partition coefficient (Wildman–Crippen LogP) is -0.0929. The first kappa shape index (κ1) is 13.5. The Morgan fingerprint density at radius 3 is 3.19 bits per heavy atom. The summed E-state index contributed by atoms with van der Waals surface area (Å²) in [4.78, 5) is 11.9. The molecule has 1 atom stereocenters. The van der Waals surface area contributed by atoms with Crippen LogP contribution in [-0.4, -0.2) is 38.7 Å². The molecule has 0 fully saturated rings. The lowest BCUT2D eigenvalue weighted by atomic mass is 10.1. The normalized spacial score (nSPS) is 16.3. The average molecular weight is 303 g/mol. The quantitative estimate of drug-likeness (QED) is 0.771. The van der Waals surface area contributed by atoms with Gasteiger partial charge >= 0.3 is 0 Å². The average Bonchev–Trinajstić information content (AvgIpc) is 3.17. The van der Waals surface area contributed by atoms with Crippen LogP contribution < -0.4 is 10.6 Å². The van der Waals surface area contributed by atoms with Gasteiger partial charge in [-0.1, -0.05) is 23.4 Å². The van der Waals surface area contributed by atoms with Gasteiger partial charge in [0.15, 0.2) is 0 Å². The number of rotatable bonds is 4. The van der Waals surface area contributed by atoms with E-state index in [-0.39, 0.29) is 5.91 Å². The molecule has 0 spiro atoms. The van der Waals surface area contributed by atoms with Crippen molar-refractivity contribution >= 4 is 17.5 Å². The highest BCUT2D eigenvalue weighted by atomic mass is 35.5. The number of amides is 1. The van der Waals surface area contributed by atoms with E-state index in [0.717, 1.165) is 11.3 Å². The molecule has 1 amide bonds. The van der Waals surface area contributed by atoms with E-state index >= 15 is 0 Å². The summed E-state index contributed by atoms with van der Waals surface area (Å²) in [6.07, 6.45) is 1.48. The minimum Gasteiger partial charge on any atom is -0.350 e. The summed E-state index contributed by atoms with van der Waals surface area (Å²) in [6.45, 7) is 0.847. The van der Waals surface area contributed by atoms with E-state index in [1.54, 1.807) is 18.2 Å². The van der Waals surface area contributed by atoms with Gasteiger partial charge in [-0.05, 0) is 34.2 Å². The highest BCUT2D eigenvalue weighted by molar-refractivity contribution is 6.30. The van der Waals surface area contributed by atoms with Crippen molar-refractivity contribution in [1.29, 1.82) is 0 Å².